The summed E-state index contributed by atoms with van der Waals surface area (Å²) in [6.07, 6.45) is 4.45. The van der Waals surface area contributed by atoms with Crippen molar-refractivity contribution < 1.29 is 13.2 Å². The topological polar surface area (TPSA) is 49.8 Å². The van der Waals surface area contributed by atoms with Crippen LogP contribution in [0.5, 0.6) is 0 Å². The molecule has 1 fully saturated rings. The first-order valence-electron chi connectivity index (χ1n) is 11.6. The van der Waals surface area contributed by atoms with Gasteiger partial charge in [-0.15, -0.1) is 0 Å². The fourth-order valence-electron chi connectivity index (χ4n) is 4.33. The van der Waals surface area contributed by atoms with Gasteiger partial charge in [0.2, 0.25) is 5.95 Å². The molecule has 4 rings (SSSR count). The predicted octanol–water partition coefficient (Wildman–Crippen LogP) is 7.98. The lowest BCUT2D eigenvalue weighted by molar-refractivity contribution is -0.137. The lowest BCUT2D eigenvalue weighted by Gasteiger charge is -2.22. The molecular formula is C26H29F3N4. The zero-order valence-corrected chi connectivity index (χ0v) is 18.8. The number of anilines is 4. The maximum atomic E-state index is 13.6. The van der Waals surface area contributed by atoms with Gasteiger partial charge in [0, 0.05) is 17.6 Å². The number of aryl methyl sites for hydroxylation is 1. The smallest absolute Gasteiger partial charge is 0.340 e. The van der Waals surface area contributed by atoms with Crippen LogP contribution in [0.4, 0.5) is 36.3 Å². The van der Waals surface area contributed by atoms with E-state index in [1.165, 1.54) is 37.7 Å². The molecule has 0 saturated heterocycles. The number of hydrogen-bond donors (Lipinski definition) is 2. The maximum absolute atomic E-state index is 13.6. The molecule has 174 valence electrons. The minimum atomic E-state index is -4.56. The molecule has 0 bridgehead atoms. The summed E-state index contributed by atoms with van der Waals surface area (Å²) in [4.78, 5) is 8.06. The van der Waals surface area contributed by atoms with Crippen LogP contribution in [0.1, 0.15) is 68.1 Å². The van der Waals surface area contributed by atoms with E-state index in [1.54, 1.807) is 12.1 Å². The summed E-state index contributed by atoms with van der Waals surface area (Å²) in [7, 11) is 0. The summed E-state index contributed by atoms with van der Waals surface area (Å²) < 4.78 is 40.7. The summed E-state index contributed by atoms with van der Waals surface area (Å²) in [5, 5.41) is 5.85. The van der Waals surface area contributed by atoms with E-state index in [0.29, 0.717) is 11.6 Å². The van der Waals surface area contributed by atoms with Crippen LogP contribution in [0.2, 0.25) is 0 Å². The monoisotopic (exact) mass is 454 g/mol. The van der Waals surface area contributed by atoms with Crippen molar-refractivity contribution in [1.82, 2.24) is 9.97 Å². The first-order valence-corrected chi connectivity index (χ1v) is 11.6. The van der Waals surface area contributed by atoms with E-state index >= 15 is 0 Å². The normalized spacial score (nSPS) is 14.8. The van der Waals surface area contributed by atoms with E-state index in [2.05, 4.69) is 39.7 Å². The largest absolute Gasteiger partial charge is 0.421 e. The van der Waals surface area contributed by atoms with E-state index in [1.807, 2.05) is 24.3 Å². The van der Waals surface area contributed by atoms with Crippen molar-refractivity contribution in [2.75, 3.05) is 10.6 Å². The van der Waals surface area contributed by atoms with E-state index in [-0.39, 0.29) is 11.8 Å². The molecule has 1 heterocycles. The van der Waals surface area contributed by atoms with Crippen molar-refractivity contribution in [2.24, 2.45) is 0 Å². The second kappa shape index (κ2) is 10.2. The average Bonchev–Trinajstić information content (AvgIpc) is 2.81. The van der Waals surface area contributed by atoms with E-state index < -0.39 is 11.7 Å². The molecule has 7 heteroatoms. The first kappa shape index (κ1) is 23.1. The van der Waals surface area contributed by atoms with Crippen molar-refractivity contribution in [3.05, 3.63) is 71.4 Å². The molecule has 1 aliphatic carbocycles. The van der Waals surface area contributed by atoms with Gasteiger partial charge in [-0.2, -0.15) is 18.2 Å². The van der Waals surface area contributed by atoms with Crippen LogP contribution in [0.25, 0.3) is 0 Å². The lowest BCUT2D eigenvalue weighted by Crippen LogP contribution is -2.12. The minimum absolute atomic E-state index is 0.110. The Bertz CT molecular complexity index is 1040. The molecule has 1 aromatic heterocycles. The third-order valence-corrected chi connectivity index (χ3v) is 6.09. The maximum Gasteiger partial charge on any atom is 0.421 e. The average molecular weight is 455 g/mol. The van der Waals surface area contributed by atoms with Crippen LogP contribution in [0.3, 0.4) is 0 Å². The summed E-state index contributed by atoms with van der Waals surface area (Å²) in [5.74, 6) is 0.426. The van der Waals surface area contributed by atoms with Crippen LogP contribution in [0.15, 0.2) is 54.7 Å². The molecule has 1 aliphatic rings. The molecule has 0 amide bonds. The number of hydrogen-bond acceptors (Lipinski definition) is 4. The fraction of sp³-hybridized carbons (Fsp3) is 0.385. The second-order valence-electron chi connectivity index (χ2n) is 8.61. The highest BCUT2D eigenvalue weighted by atomic mass is 19.4. The van der Waals surface area contributed by atoms with Crippen molar-refractivity contribution in [2.45, 2.75) is 64.0 Å². The highest BCUT2D eigenvalue weighted by Gasteiger charge is 2.35. The number of benzene rings is 2. The third-order valence-electron chi connectivity index (χ3n) is 6.09. The van der Waals surface area contributed by atoms with Crippen molar-refractivity contribution >= 4 is 23.1 Å². The Balaban J connectivity index is 1.52. The summed E-state index contributed by atoms with van der Waals surface area (Å²) in [5.41, 5.74) is 2.83. The number of nitrogens with zero attached hydrogens (tertiary/aromatic N) is 2. The Kier molecular flexibility index (Phi) is 7.16. The quantitative estimate of drug-likeness (QED) is 0.380. The van der Waals surface area contributed by atoms with Gasteiger partial charge in [0.05, 0.1) is 0 Å². The van der Waals surface area contributed by atoms with Crippen molar-refractivity contribution in [3.63, 3.8) is 0 Å². The molecular weight excluding hydrogens is 425 g/mol. The molecule has 0 unspecified atom stereocenters. The zero-order chi connectivity index (χ0) is 23.3. The number of halogens is 3. The second-order valence-corrected chi connectivity index (χ2v) is 8.61. The molecule has 33 heavy (non-hydrogen) atoms. The van der Waals surface area contributed by atoms with E-state index in [9.17, 15) is 13.2 Å². The van der Waals surface area contributed by atoms with Crippen LogP contribution in [0, 0.1) is 0 Å². The van der Waals surface area contributed by atoms with Gasteiger partial charge >= 0.3 is 6.18 Å². The molecule has 2 N–H and O–H groups in total. The van der Waals surface area contributed by atoms with Gasteiger partial charge in [0.15, 0.2) is 0 Å². The third kappa shape index (κ3) is 6.03. The van der Waals surface area contributed by atoms with Gasteiger partial charge in [-0.1, -0.05) is 56.9 Å². The standard InChI is InChI=1S/C26H29F3N4/c1-2-6-18-9-13-21(14-10-18)31-24-23(26(27,28)29)17-30-25(33-24)32-22-15-11-20(12-16-22)19-7-4-3-5-8-19/h9-17,19H,2-8H2,1H3,(H2,30,31,32,33). The van der Waals surface area contributed by atoms with Gasteiger partial charge in [0.25, 0.3) is 0 Å². The van der Waals surface area contributed by atoms with Gasteiger partial charge in [-0.25, -0.2) is 4.98 Å². The van der Waals surface area contributed by atoms with Crippen LogP contribution in [-0.2, 0) is 12.6 Å². The first-order chi connectivity index (χ1) is 15.9. The molecule has 3 aromatic rings. The summed E-state index contributed by atoms with van der Waals surface area (Å²) in [6.45, 7) is 2.08. The summed E-state index contributed by atoms with van der Waals surface area (Å²) >= 11 is 0. The van der Waals surface area contributed by atoms with Gasteiger partial charge < -0.3 is 10.6 Å². The highest BCUT2D eigenvalue weighted by Crippen LogP contribution is 2.36. The molecule has 0 atom stereocenters. The summed E-state index contributed by atoms with van der Waals surface area (Å²) in [6, 6.07) is 15.4. The Labute approximate surface area is 192 Å². The molecule has 0 spiro atoms. The number of nitrogens with one attached hydrogen (secondary N) is 2. The number of alkyl halides is 3. The van der Waals surface area contributed by atoms with Gasteiger partial charge in [-0.3, -0.25) is 0 Å². The Hall–Kier alpha value is -3.09. The van der Waals surface area contributed by atoms with Crippen molar-refractivity contribution in [1.29, 1.82) is 0 Å². The minimum Gasteiger partial charge on any atom is -0.340 e. The van der Waals surface area contributed by atoms with E-state index in [4.69, 9.17) is 0 Å². The van der Waals surface area contributed by atoms with Crippen molar-refractivity contribution in [3.8, 4) is 0 Å². The molecule has 0 aliphatic heterocycles. The molecule has 4 nitrogen and oxygen atoms in total. The lowest BCUT2D eigenvalue weighted by atomic mass is 9.84. The molecule has 2 aromatic carbocycles. The Morgan fingerprint density at radius 1 is 0.879 bits per heavy atom. The van der Waals surface area contributed by atoms with Crippen LogP contribution >= 0.6 is 0 Å². The number of rotatable bonds is 7. The molecule has 1 saturated carbocycles. The van der Waals surface area contributed by atoms with Crippen LogP contribution < -0.4 is 10.6 Å². The highest BCUT2D eigenvalue weighted by molar-refractivity contribution is 5.63. The molecule has 0 radical (unpaired) electrons. The zero-order valence-electron chi connectivity index (χ0n) is 18.8. The van der Waals surface area contributed by atoms with Gasteiger partial charge in [-0.05, 0) is 60.6 Å². The van der Waals surface area contributed by atoms with Gasteiger partial charge in [0.1, 0.15) is 11.4 Å². The van der Waals surface area contributed by atoms with Crippen LogP contribution in [-0.4, -0.2) is 9.97 Å². The predicted molar refractivity (Wildman–Crippen MR) is 126 cm³/mol. The SMILES string of the molecule is CCCc1ccc(Nc2nc(Nc3ccc(C4CCCCC4)cc3)ncc2C(F)(F)F)cc1. The Morgan fingerprint density at radius 3 is 2.15 bits per heavy atom. The Morgan fingerprint density at radius 2 is 1.52 bits per heavy atom. The number of aromatic nitrogens is 2. The fourth-order valence-corrected chi connectivity index (χ4v) is 4.33. The van der Waals surface area contributed by atoms with E-state index in [0.717, 1.165) is 30.3 Å².